The normalized spacial score (nSPS) is 13.2. The van der Waals surface area contributed by atoms with Crippen molar-refractivity contribution in [2.45, 2.75) is 18.0 Å². The molecule has 0 aliphatic heterocycles. The van der Waals surface area contributed by atoms with E-state index in [-0.39, 0.29) is 6.42 Å². The average molecular weight is 382 g/mol. The maximum atomic E-state index is 13.1. The van der Waals surface area contributed by atoms with E-state index in [4.69, 9.17) is 11.6 Å². The summed E-state index contributed by atoms with van der Waals surface area (Å²) >= 11 is 9.40. The molecule has 0 nitrogen and oxygen atoms in total. The number of alkyl halides is 4. The second-order valence-electron chi connectivity index (χ2n) is 4.54. The molecule has 0 aliphatic carbocycles. The summed E-state index contributed by atoms with van der Waals surface area (Å²) in [6, 6.07) is 9.15. The quantitative estimate of drug-likeness (QED) is 0.443. The Bertz CT molecular complexity index is 640. The minimum Gasteiger partial charge on any atom is -0.207 e. The molecule has 112 valence electrons. The molecule has 0 fully saturated rings. The first kappa shape index (κ1) is 16.3. The molecule has 0 aliphatic rings. The Morgan fingerprint density at radius 2 is 1.81 bits per heavy atom. The van der Waals surface area contributed by atoms with E-state index in [2.05, 4.69) is 15.9 Å². The second-order valence-corrected chi connectivity index (χ2v) is 5.92. The molecule has 21 heavy (non-hydrogen) atoms. The van der Waals surface area contributed by atoms with Crippen molar-refractivity contribution in [3.05, 3.63) is 69.4 Å². The Morgan fingerprint density at radius 1 is 1.10 bits per heavy atom. The van der Waals surface area contributed by atoms with Crippen LogP contribution in [0.3, 0.4) is 0 Å². The van der Waals surface area contributed by atoms with E-state index in [1.807, 2.05) is 0 Å². The fourth-order valence-electron chi connectivity index (χ4n) is 1.94. The molecule has 0 bridgehead atoms. The predicted octanol–water partition coefficient (Wildman–Crippen LogP) is 6.13. The molecular formula is C15H10BrClF4. The van der Waals surface area contributed by atoms with Gasteiger partial charge in [-0.1, -0.05) is 28.1 Å². The first-order chi connectivity index (χ1) is 9.77. The zero-order chi connectivity index (χ0) is 15.6. The smallest absolute Gasteiger partial charge is 0.207 e. The molecule has 0 spiro atoms. The van der Waals surface area contributed by atoms with E-state index in [0.717, 1.165) is 12.1 Å². The minimum atomic E-state index is -4.43. The van der Waals surface area contributed by atoms with Crippen molar-refractivity contribution in [2.75, 3.05) is 0 Å². The summed E-state index contributed by atoms with van der Waals surface area (Å²) < 4.78 is 51.8. The van der Waals surface area contributed by atoms with Crippen molar-refractivity contribution in [3.8, 4) is 0 Å². The molecular weight excluding hydrogens is 372 g/mol. The van der Waals surface area contributed by atoms with Crippen LogP contribution in [0.2, 0.25) is 0 Å². The van der Waals surface area contributed by atoms with Crippen molar-refractivity contribution in [1.29, 1.82) is 0 Å². The minimum absolute atomic E-state index is 0.235. The highest BCUT2D eigenvalue weighted by Gasteiger charge is 2.31. The Hall–Kier alpha value is -1.07. The summed E-state index contributed by atoms with van der Waals surface area (Å²) in [5, 5.41) is -0.691. The SMILES string of the molecule is Fc1cccc(CC(Cl)c2cc(C(F)(F)F)ccc2Br)c1. The number of halogens is 6. The van der Waals surface area contributed by atoms with Crippen LogP contribution in [-0.4, -0.2) is 0 Å². The van der Waals surface area contributed by atoms with E-state index in [1.54, 1.807) is 6.07 Å². The molecule has 0 aromatic heterocycles. The van der Waals surface area contributed by atoms with Gasteiger partial charge >= 0.3 is 6.18 Å². The van der Waals surface area contributed by atoms with Gasteiger partial charge < -0.3 is 0 Å². The van der Waals surface area contributed by atoms with E-state index < -0.39 is 22.9 Å². The largest absolute Gasteiger partial charge is 0.416 e. The summed E-state index contributed by atoms with van der Waals surface area (Å²) in [7, 11) is 0. The lowest BCUT2D eigenvalue weighted by Gasteiger charge is -2.15. The van der Waals surface area contributed by atoms with Gasteiger partial charge in [-0.3, -0.25) is 0 Å². The first-order valence-corrected chi connectivity index (χ1v) is 7.25. The summed E-state index contributed by atoms with van der Waals surface area (Å²) in [5.74, 6) is -0.403. The maximum absolute atomic E-state index is 13.1. The van der Waals surface area contributed by atoms with Gasteiger partial charge in [0.2, 0.25) is 0 Å². The number of benzene rings is 2. The predicted molar refractivity (Wildman–Crippen MR) is 77.8 cm³/mol. The number of hydrogen-bond acceptors (Lipinski definition) is 0. The third-order valence-corrected chi connectivity index (χ3v) is 4.08. The zero-order valence-electron chi connectivity index (χ0n) is 10.6. The van der Waals surface area contributed by atoms with E-state index in [0.29, 0.717) is 15.6 Å². The van der Waals surface area contributed by atoms with Gasteiger partial charge in [0.05, 0.1) is 10.9 Å². The molecule has 1 atom stereocenters. The van der Waals surface area contributed by atoms with E-state index in [9.17, 15) is 17.6 Å². The van der Waals surface area contributed by atoms with Crippen molar-refractivity contribution in [3.63, 3.8) is 0 Å². The Kier molecular flexibility index (Phi) is 4.94. The van der Waals surface area contributed by atoms with Crippen LogP contribution in [0.1, 0.15) is 22.1 Å². The summed E-state index contributed by atoms with van der Waals surface area (Å²) in [5.41, 5.74) is 0.195. The highest BCUT2D eigenvalue weighted by molar-refractivity contribution is 9.10. The van der Waals surface area contributed by atoms with Gasteiger partial charge in [-0.15, -0.1) is 11.6 Å². The van der Waals surface area contributed by atoms with E-state index in [1.165, 1.54) is 24.3 Å². The standard InChI is InChI=1S/C15H10BrClF4/c16-13-5-4-10(15(19,20)21)8-12(13)14(17)7-9-2-1-3-11(18)6-9/h1-6,8,14H,7H2. The van der Waals surface area contributed by atoms with E-state index >= 15 is 0 Å². The van der Waals surface area contributed by atoms with Crippen molar-refractivity contribution in [2.24, 2.45) is 0 Å². The molecule has 0 saturated carbocycles. The molecule has 2 rings (SSSR count). The monoisotopic (exact) mass is 380 g/mol. The van der Waals surface area contributed by atoms with Crippen LogP contribution < -0.4 is 0 Å². The number of rotatable bonds is 3. The molecule has 0 N–H and O–H groups in total. The van der Waals surface area contributed by atoms with Crippen LogP contribution >= 0.6 is 27.5 Å². The molecule has 0 heterocycles. The topological polar surface area (TPSA) is 0 Å². The fourth-order valence-corrected chi connectivity index (χ4v) is 2.95. The van der Waals surface area contributed by atoms with Crippen LogP contribution in [0.15, 0.2) is 46.9 Å². The number of hydrogen-bond donors (Lipinski definition) is 0. The summed E-state index contributed by atoms with van der Waals surface area (Å²) in [4.78, 5) is 0. The van der Waals surface area contributed by atoms with Crippen LogP contribution in [-0.2, 0) is 12.6 Å². The maximum Gasteiger partial charge on any atom is 0.416 e. The van der Waals surface area contributed by atoms with Crippen LogP contribution in [0.25, 0.3) is 0 Å². The van der Waals surface area contributed by atoms with Gasteiger partial charge in [-0.2, -0.15) is 13.2 Å². The molecule has 6 heteroatoms. The van der Waals surface area contributed by atoms with Gasteiger partial charge in [-0.25, -0.2) is 4.39 Å². The molecule has 1 unspecified atom stereocenters. The van der Waals surface area contributed by atoms with Gasteiger partial charge in [0.1, 0.15) is 5.82 Å². The van der Waals surface area contributed by atoms with Crippen LogP contribution in [0.5, 0.6) is 0 Å². The van der Waals surface area contributed by atoms with Gasteiger partial charge in [-0.05, 0) is 47.9 Å². The second kappa shape index (κ2) is 6.36. The summed E-state index contributed by atoms with van der Waals surface area (Å²) in [6.45, 7) is 0. The average Bonchev–Trinajstić information content (AvgIpc) is 2.37. The van der Waals surface area contributed by atoms with Crippen LogP contribution in [0.4, 0.5) is 17.6 Å². The highest BCUT2D eigenvalue weighted by Crippen LogP contribution is 2.36. The van der Waals surface area contributed by atoms with Crippen molar-refractivity contribution >= 4 is 27.5 Å². The first-order valence-electron chi connectivity index (χ1n) is 6.02. The highest BCUT2D eigenvalue weighted by atomic mass is 79.9. The zero-order valence-corrected chi connectivity index (χ0v) is 12.9. The van der Waals surface area contributed by atoms with Gasteiger partial charge in [0, 0.05) is 4.47 Å². The van der Waals surface area contributed by atoms with Gasteiger partial charge in [0.25, 0.3) is 0 Å². The van der Waals surface area contributed by atoms with Crippen LogP contribution in [0, 0.1) is 5.82 Å². The molecule has 0 saturated heterocycles. The Balaban J connectivity index is 2.28. The third kappa shape index (κ3) is 4.20. The molecule has 2 aromatic rings. The van der Waals surface area contributed by atoms with Crippen molar-refractivity contribution < 1.29 is 17.6 Å². The Morgan fingerprint density at radius 3 is 2.43 bits per heavy atom. The Labute approximate surface area is 132 Å². The lowest BCUT2D eigenvalue weighted by molar-refractivity contribution is -0.137. The third-order valence-electron chi connectivity index (χ3n) is 2.96. The molecule has 2 aromatic carbocycles. The molecule has 0 amide bonds. The molecule has 0 radical (unpaired) electrons. The lowest BCUT2D eigenvalue weighted by atomic mass is 10.0. The fraction of sp³-hybridized carbons (Fsp3) is 0.200. The lowest BCUT2D eigenvalue weighted by Crippen LogP contribution is -2.07. The summed E-state index contributed by atoms with van der Waals surface area (Å²) in [6.07, 6.45) is -4.19. The van der Waals surface area contributed by atoms with Crippen molar-refractivity contribution in [1.82, 2.24) is 0 Å². The van der Waals surface area contributed by atoms with Gasteiger partial charge in [0.15, 0.2) is 0 Å².